The molecule has 1 aliphatic heterocycles. The van der Waals surface area contributed by atoms with Gasteiger partial charge < -0.3 is 14.4 Å². The molecule has 0 aliphatic carbocycles. The number of morpholine rings is 1. The van der Waals surface area contributed by atoms with E-state index in [4.69, 9.17) is 9.47 Å². The van der Waals surface area contributed by atoms with E-state index in [0.29, 0.717) is 0 Å². The van der Waals surface area contributed by atoms with E-state index in [1.165, 1.54) is 43.6 Å². The maximum Gasteiger partial charge on any atom is 0.122 e. The maximum absolute atomic E-state index is 5.88. The third-order valence-corrected chi connectivity index (χ3v) is 4.19. The highest BCUT2D eigenvalue weighted by molar-refractivity contribution is 5.38. The van der Waals surface area contributed by atoms with Crippen LogP contribution in [0.25, 0.3) is 0 Å². The number of hydrogen-bond donors (Lipinski definition) is 1. The van der Waals surface area contributed by atoms with E-state index in [0.717, 1.165) is 32.0 Å². The molecule has 1 heterocycles. The molecule has 3 nitrogen and oxygen atoms in total. The number of quaternary nitrogens is 1. The molecule has 1 N–H and O–H groups in total. The highest BCUT2D eigenvalue weighted by Crippen LogP contribution is 2.20. The van der Waals surface area contributed by atoms with Gasteiger partial charge in [0.1, 0.15) is 18.8 Å². The lowest BCUT2D eigenvalue weighted by atomic mass is 10.1. The minimum atomic E-state index is 0.836. The zero-order valence-electron chi connectivity index (χ0n) is 12.9. The molecule has 1 aliphatic rings. The number of benzene rings is 1. The topological polar surface area (TPSA) is 22.9 Å². The molecule has 2 rings (SSSR count). The van der Waals surface area contributed by atoms with E-state index >= 15 is 0 Å². The van der Waals surface area contributed by atoms with Crippen LogP contribution in [-0.2, 0) is 4.74 Å². The Labute approximate surface area is 122 Å². The second kappa shape index (κ2) is 8.28. The van der Waals surface area contributed by atoms with Gasteiger partial charge in [0, 0.05) is 0 Å². The van der Waals surface area contributed by atoms with Crippen LogP contribution in [-0.4, -0.2) is 39.5 Å². The molecule has 1 aromatic rings. The zero-order valence-corrected chi connectivity index (χ0v) is 12.9. The molecular weight excluding hydrogens is 250 g/mol. The van der Waals surface area contributed by atoms with Gasteiger partial charge in [0.05, 0.1) is 26.4 Å². The lowest BCUT2D eigenvalue weighted by Gasteiger charge is -2.23. The van der Waals surface area contributed by atoms with E-state index in [9.17, 15) is 0 Å². The first-order valence-corrected chi connectivity index (χ1v) is 7.87. The van der Waals surface area contributed by atoms with Crippen molar-refractivity contribution in [1.82, 2.24) is 0 Å². The van der Waals surface area contributed by atoms with Crippen molar-refractivity contribution in [1.29, 1.82) is 0 Å². The monoisotopic (exact) mass is 278 g/mol. The molecule has 0 unspecified atom stereocenters. The highest BCUT2D eigenvalue weighted by atomic mass is 16.5. The summed E-state index contributed by atoms with van der Waals surface area (Å²) in [5, 5.41) is 0. The molecule has 0 bridgehead atoms. The molecule has 1 saturated heterocycles. The number of unbranched alkanes of at least 4 members (excludes halogenated alkanes) is 2. The summed E-state index contributed by atoms with van der Waals surface area (Å²) in [7, 11) is 0. The number of rotatable bonds is 7. The van der Waals surface area contributed by atoms with Crippen molar-refractivity contribution in [2.75, 3.05) is 39.5 Å². The Kier molecular flexibility index (Phi) is 6.34. The number of aryl methyl sites for hydroxylation is 1. The van der Waals surface area contributed by atoms with E-state index in [1.807, 2.05) is 0 Å². The van der Waals surface area contributed by atoms with Crippen molar-refractivity contribution in [2.24, 2.45) is 0 Å². The zero-order chi connectivity index (χ0) is 14.2. The van der Waals surface area contributed by atoms with E-state index in [2.05, 4.69) is 32.0 Å². The smallest absolute Gasteiger partial charge is 0.122 e. The summed E-state index contributed by atoms with van der Waals surface area (Å²) in [5.41, 5.74) is 2.57. The van der Waals surface area contributed by atoms with Gasteiger partial charge in [-0.05, 0) is 50.3 Å². The number of ether oxygens (including phenoxy) is 2. The van der Waals surface area contributed by atoms with E-state index < -0.39 is 0 Å². The molecule has 0 amide bonds. The van der Waals surface area contributed by atoms with Crippen molar-refractivity contribution in [3.8, 4) is 5.75 Å². The number of nitrogens with one attached hydrogen (secondary N) is 1. The fourth-order valence-electron chi connectivity index (χ4n) is 2.63. The predicted octanol–water partition coefficient (Wildman–Crippen LogP) is 1.77. The van der Waals surface area contributed by atoms with Crippen LogP contribution >= 0.6 is 0 Å². The Morgan fingerprint density at radius 2 is 1.90 bits per heavy atom. The van der Waals surface area contributed by atoms with Gasteiger partial charge in [0.25, 0.3) is 0 Å². The van der Waals surface area contributed by atoms with Crippen molar-refractivity contribution in [2.45, 2.75) is 33.1 Å². The van der Waals surface area contributed by atoms with Crippen LogP contribution in [0.4, 0.5) is 0 Å². The minimum absolute atomic E-state index is 0.836. The summed E-state index contributed by atoms with van der Waals surface area (Å²) >= 11 is 0. The second-order valence-electron chi connectivity index (χ2n) is 5.72. The minimum Gasteiger partial charge on any atom is -0.493 e. The fourth-order valence-corrected chi connectivity index (χ4v) is 2.63. The average Bonchev–Trinajstić information content (AvgIpc) is 2.48. The average molecular weight is 278 g/mol. The molecular formula is C17H28NO2+. The first-order chi connectivity index (χ1) is 9.77. The Hall–Kier alpha value is -1.06. The van der Waals surface area contributed by atoms with Gasteiger partial charge in [-0.1, -0.05) is 12.1 Å². The first-order valence-electron chi connectivity index (χ1n) is 7.87. The molecule has 0 radical (unpaired) electrons. The van der Waals surface area contributed by atoms with Crippen molar-refractivity contribution in [3.05, 3.63) is 29.3 Å². The van der Waals surface area contributed by atoms with Crippen LogP contribution in [0.1, 0.15) is 30.4 Å². The fraction of sp³-hybridized carbons (Fsp3) is 0.647. The SMILES string of the molecule is Cc1cccc(OCCCCC[NH+]2CCOCC2)c1C. The molecule has 0 atom stereocenters. The third-order valence-electron chi connectivity index (χ3n) is 4.19. The summed E-state index contributed by atoms with van der Waals surface area (Å²) in [5.74, 6) is 1.05. The normalized spacial score (nSPS) is 16.3. The molecule has 1 fully saturated rings. The Bertz CT molecular complexity index is 400. The highest BCUT2D eigenvalue weighted by Gasteiger charge is 2.12. The summed E-state index contributed by atoms with van der Waals surface area (Å²) < 4.78 is 11.3. The van der Waals surface area contributed by atoms with Crippen molar-refractivity contribution < 1.29 is 14.4 Å². The molecule has 0 aromatic heterocycles. The number of hydrogen-bond acceptors (Lipinski definition) is 2. The van der Waals surface area contributed by atoms with Gasteiger partial charge in [-0.25, -0.2) is 0 Å². The van der Waals surface area contributed by atoms with Gasteiger partial charge in [0.2, 0.25) is 0 Å². The van der Waals surface area contributed by atoms with E-state index in [-0.39, 0.29) is 0 Å². The van der Waals surface area contributed by atoms with Crippen molar-refractivity contribution in [3.63, 3.8) is 0 Å². The van der Waals surface area contributed by atoms with E-state index in [1.54, 1.807) is 4.90 Å². The van der Waals surface area contributed by atoms with Gasteiger partial charge in [-0.2, -0.15) is 0 Å². The molecule has 1 aromatic carbocycles. The lowest BCUT2D eigenvalue weighted by molar-refractivity contribution is -0.908. The second-order valence-corrected chi connectivity index (χ2v) is 5.72. The largest absolute Gasteiger partial charge is 0.493 e. The molecule has 3 heteroatoms. The Balaban J connectivity index is 1.56. The Morgan fingerprint density at radius 3 is 2.70 bits per heavy atom. The van der Waals surface area contributed by atoms with Crippen LogP contribution in [0.2, 0.25) is 0 Å². The standard InChI is InChI=1S/C17H27NO2/c1-15-7-6-8-17(16(15)2)20-12-5-3-4-9-18-10-13-19-14-11-18/h6-8H,3-5,9-14H2,1-2H3/p+1. The van der Waals surface area contributed by atoms with Crippen LogP contribution in [0, 0.1) is 13.8 Å². The first kappa shape index (κ1) is 15.3. The summed E-state index contributed by atoms with van der Waals surface area (Å²) in [6.45, 7) is 10.6. The maximum atomic E-state index is 5.88. The molecule has 0 spiro atoms. The quantitative estimate of drug-likeness (QED) is 0.768. The molecule has 0 saturated carbocycles. The van der Waals surface area contributed by atoms with Gasteiger partial charge >= 0.3 is 0 Å². The summed E-state index contributed by atoms with van der Waals surface area (Å²) in [6.07, 6.45) is 3.71. The summed E-state index contributed by atoms with van der Waals surface area (Å²) in [6, 6.07) is 6.27. The van der Waals surface area contributed by atoms with Gasteiger partial charge in [-0.15, -0.1) is 0 Å². The predicted molar refractivity (Wildman–Crippen MR) is 81.6 cm³/mol. The van der Waals surface area contributed by atoms with Gasteiger partial charge in [0.15, 0.2) is 0 Å². The van der Waals surface area contributed by atoms with Crippen LogP contribution in [0.5, 0.6) is 5.75 Å². The lowest BCUT2D eigenvalue weighted by Crippen LogP contribution is -3.14. The molecule has 20 heavy (non-hydrogen) atoms. The summed E-state index contributed by atoms with van der Waals surface area (Å²) in [4.78, 5) is 1.70. The van der Waals surface area contributed by atoms with Crippen LogP contribution in [0.15, 0.2) is 18.2 Å². The Morgan fingerprint density at radius 1 is 1.10 bits per heavy atom. The molecule has 112 valence electrons. The van der Waals surface area contributed by atoms with Crippen LogP contribution in [0.3, 0.4) is 0 Å². The van der Waals surface area contributed by atoms with Gasteiger partial charge in [-0.3, -0.25) is 0 Å². The van der Waals surface area contributed by atoms with Crippen molar-refractivity contribution >= 4 is 0 Å². The third kappa shape index (κ3) is 4.80. The van der Waals surface area contributed by atoms with Crippen LogP contribution < -0.4 is 9.64 Å².